The molecule has 5 rings (SSSR count). The molecule has 1 saturated heterocycles. The van der Waals surface area contributed by atoms with Crippen LogP contribution in [0.15, 0.2) is 58.4 Å². The number of fused-ring (bicyclic) bond motifs is 1. The molecular weight excluding hydrogens is 470 g/mol. The maximum Gasteiger partial charge on any atom is 0.326 e. The molecule has 0 bridgehead atoms. The highest BCUT2D eigenvalue weighted by Crippen LogP contribution is 2.29. The monoisotopic (exact) mass is 499 g/mol. The molecule has 9 heteroatoms. The number of nitrogens with one attached hydrogen (secondary N) is 2. The maximum absolute atomic E-state index is 12.4. The van der Waals surface area contributed by atoms with Crippen molar-refractivity contribution in [2.24, 2.45) is 0 Å². The average molecular weight is 500 g/mol. The molecule has 3 heterocycles. The first-order valence-electron chi connectivity index (χ1n) is 12.5. The summed E-state index contributed by atoms with van der Waals surface area (Å²) in [4.78, 5) is 47.5. The Morgan fingerprint density at radius 3 is 2.68 bits per heavy atom. The number of rotatable bonds is 8. The lowest BCUT2D eigenvalue weighted by molar-refractivity contribution is -0.137. The summed E-state index contributed by atoms with van der Waals surface area (Å²) in [6.45, 7) is 4.64. The first-order valence-corrected chi connectivity index (χ1v) is 12.5. The standard InChI is InChI=1S/C28H29N5O4/c1-16-13-19-10-11-29-15-21(19)27(30-16)31-20-8-6-18(7-9-20)14-22(28(36)37)32-23-24(26(35)25(23)34)33-12-4-3-5-17(33)2/h6-11,13,15,17,22,32H,3-5,12,14H2,1-2H3,(H,30,31)(H,36,37)/t17-,22?/m0/s1. The van der Waals surface area contributed by atoms with Gasteiger partial charge in [-0.25, -0.2) is 9.78 Å². The van der Waals surface area contributed by atoms with Crippen molar-refractivity contribution in [1.82, 2.24) is 9.97 Å². The summed E-state index contributed by atoms with van der Waals surface area (Å²) in [7, 11) is 0. The Labute approximate surface area is 213 Å². The van der Waals surface area contributed by atoms with E-state index in [-0.39, 0.29) is 18.2 Å². The van der Waals surface area contributed by atoms with Gasteiger partial charge in [0, 0.05) is 48.2 Å². The maximum atomic E-state index is 12.4. The van der Waals surface area contributed by atoms with Gasteiger partial charge in [0.2, 0.25) is 0 Å². The van der Waals surface area contributed by atoms with Gasteiger partial charge in [-0.15, -0.1) is 0 Å². The number of anilines is 4. The summed E-state index contributed by atoms with van der Waals surface area (Å²) >= 11 is 0. The van der Waals surface area contributed by atoms with Crippen molar-refractivity contribution in [2.75, 3.05) is 22.1 Å². The summed E-state index contributed by atoms with van der Waals surface area (Å²) < 4.78 is 0. The topological polar surface area (TPSA) is 125 Å². The second-order valence-corrected chi connectivity index (χ2v) is 9.69. The third-order valence-electron chi connectivity index (χ3n) is 7.01. The highest BCUT2D eigenvalue weighted by atomic mass is 16.4. The van der Waals surface area contributed by atoms with Crippen LogP contribution >= 0.6 is 0 Å². The van der Waals surface area contributed by atoms with Gasteiger partial charge in [-0.1, -0.05) is 12.1 Å². The number of nitrogens with zero attached hydrogens (tertiary/aromatic N) is 3. The zero-order valence-electron chi connectivity index (χ0n) is 20.8. The van der Waals surface area contributed by atoms with E-state index in [9.17, 15) is 19.5 Å². The van der Waals surface area contributed by atoms with Crippen molar-refractivity contribution in [2.45, 2.75) is 51.6 Å². The third kappa shape index (κ3) is 4.89. The van der Waals surface area contributed by atoms with Crippen LogP contribution in [-0.2, 0) is 11.2 Å². The molecule has 0 aliphatic carbocycles. The van der Waals surface area contributed by atoms with Crippen LogP contribution in [-0.4, -0.2) is 39.7 Å². The minimum Gasteiger partial charge on any atom is -0.480 e. The number of aryl methyl sites for hydroxylation is 1. The Bertz CT molecular complexity index is 1520. The molecule has 1 aliphatic rings. The first kappa shape index (κ1) is 24.4. The van der Waals surface area contributed by atoms with Gasteiger partial charge >= 0.3 is 5.97 Å². The van der Waals surface area contributed by atoms with E-state index in [0.29, 0.717) is 18.1 Å². The second-order valence-electron chi connectivity index (χ2n) is 9.69. The van der Waals surface area contributed by atoms with Crippen molar-refractivity contribution >= 4 is 39.6 Å². The summed E-state index contributed by atoms with van der Waals surface area (Å²) in [6, 6.07) is 10.4. The number of hydrogen-bond acceptors (Lipinski definition) is 8. The smallest absolute Gasteiger partial charge is 0.326 e. The Hall–Kier alpha value is -4.27. The highest BCUT2D eigenvalue weighted by Gasteiger charge is 2.32. The van der Waals surface area contributed by atoms with Gasteiger partial charge in [0.15, 0.2) is 0 Å². The fourth-order valence-corrected chi connectivity index (χ4v) is 5.01. The Kier molecular flexibility index (Phi) is 6.60. The van der Waals surface area contributed by atoms with E-state index in [4.69, 9.17) is 0 Å². The normalized spacial score (nSPS) is 16.6. The molecule has 9 nitrogen and oxygen atoms in total. The van der Waals surface area contributed by atoms with Crippen LogP contribution in [0.5, 0.6) is 0 Å². The number of carbonyl (C=O) groups is 1. The summed E-state index contributed by atoms with van der Waals surface area (Å²) in [5.41, 5.74) is 1.72. The number of hydrogen-bond donors (Lipinski definition) is 3. The zero-order chi connectivity index (χ0) is 26.1. The van der Waals surface area contributed by atoms with Gasteiger partial charge in [0.05, 0.1) is 0 Å². The average Bonchev–Trinajstić information content (AvgIpc) is 2.89. The van der Waals surface area contributed by atoms with E-state index in [1.54, 1.807) is 12.4 Å². The van der Waals surface area contributed by atoms with Gasteiger partial charge in [0.25, 0.3) is 10.9 Å². The van der Waals surface area contributed by atoms with Crippen LogP contribution < -0.4 is 26.4 Å². The minimum absolute atomic E-state index is 0.121. The van der Waals surface area contributed by atoms with Crippen molar-refractivity contribution in [3.8, 4) is 0 Å². The molecule has 2 atom stereocenters. The number of piperidine rings is 1. The molecule has 1 aliphatic heterocycles. The van der Waals surface area contributed by atoms with Gasteiger partial charge in [-0.2, -0.15) is 0 Å². The van der Waals surface area contributed by atoms with E-state index < -0.39 is 22.9 Å². The van der Waals surface area contributed by atoms with Crippen LogP contribution in [0.4, 0.5) is 22.9 Å². The van der Waals surface area contributed by atoms with Crippen LogP contribution in [0.1, 0.15) is 37.4 Å². The summed E-state index contributed by atoms with van der Waals surface area (Å²) in [6.07, 6.45) is 6.61. The molecule has 190 valence electrons. The Morgan fingerprint density at radius 2 is 1.95 bits per heavy atom. The molecular formula is C28H29N5O4. The van der Waals surface area contributed by atoms with Gasteiger partial charge in [-0.3, -0.25) is 14.6 Å². The van der Waals surface area contributed by atoms with E-state index in [1.807, 2.05) is 55.1 Å². The quantitative estimate of drug-likeness (QED) is 0.311. The SMILES string of the molecule is Cc1cc2ccncc2c(Nc2ccc(CC(Nc3c(N4CCCC[C@@H]4C)c(=O)c3=O)C(=O)O)cc2)n1. The molecule has 3 N–H and O–H groups in total. The van der Waals surface area contributed by atoms with Gasteiger partial charge < -0.3 is 20.6 Å². The first-order chi connectivity index (χ1) is 17.8. The van der Waals surface area contributed by atoms with E-state index in [1.165, 1.54) is 0 Å². The van der Waals surface area contributed by atoms with Gasteiger partial charge in [-0.05, 0) is 68.3 Å². The van der Waals surface area contributed by atoms with Crippen molar-refractivity contribution in [3.63, 3.8) is 0 Å². The number of aliphatic carboxylic acids is 1. The van der Waals surface area contributed by atoms with Crippen molar-refractivity contribution in [3.05, 3.63) is 80.5 Å². The number of aromatic nitrogens is 2. The van der Waals surface area contributed by atoms with Gasteiger partial charge in [0.1, 0.15) is 23.2 Å². The molecule has 37 heavy (non-hydrogen) atoms. The second kappa shape index (κ2) is 10.0. The minimum atomic E-state index is -1.09. The lowest BCUT2D eigenvalue weighted by Crippen LogP contribution is -2.49. The van der Waals surface area contributed by atoms with Crippen molar-refractivity contribution in [1.29, 1.82) is 0 Å². The lowest BCUT2D eigenvalue weighted by atomic mass is 9.99. The summed E-state index contributed by atoms with van der Waals surface area (Å²) in [5.74, 6) is -0.392. The predicted molar refractivity (Wildman–Crippen MR) is 145 cm³/mol. The lowest BCUT2D eigenvalue weighted by Gasteiger charge is -2.37. The highest BCUT2D eigenvalue weighted by molar-refractivity contribution is 5.93. The van der Waals surface area contributed by atoms with E-state index in [2.05, 4.69) is 20.6 Å². The largest absolute Gasteiger partial charge is 0.480 e. The fourth-order valence-electron chi connectivity index (χ4n) is 5.01. The summed E-state index contributed by atoms with van der Waals surface area (Å²) in [5, 5.41) is 18.0. The Morgan fingerprint density at radius 1 is 1.16 bits per heavy atom. The van der Waals surface area contributed by atoms with E-state index in [0.717, 1.165) is 47.0 Å². The number of carboxylic acids is 1. The fraction of sp³-hybridized carbons (Fsp3) is 0.321. The molecule has 0 saturated carbocycles. The Balaban J connectivity index is 1.32. The molecule has 1 unspecified atom stereocenters. The van der Waals surface area contributed by atoms with E-state index >= 15 is 0 Å². The molecule has 1 fully saturated rings. The third-order valence-corrected chi connectivity index (χ3v) is 7.01. The molecule has 2 aromatic heterocycles. The number of benzene rings is 1. The molecule has 4 aromatic rings. The molecule has 0 amide bonds. The molecule has 0 radical (unpaired) electrons. The van der Waals surface area contributed by atoms with Crippen LogP contribution in [0.25, 0.3) is 10.8 Å². The van der Waals surface area contributed by atoms with Crippen LogP contribution in [0.3, 0.4) is 0 Å². The van der Waals surface area contributed by atoms with Crippen molar-refractivity contribution < 1.29 is 9.90 Å². The number of pyridine rings is 2. The number of carboxylic acid groups (broad SMARTS) is 1. The molecule has 2 aromatic carbocycles. The zero-order valence-corrected chi connectivity index (χ0v) is 20.8. The predicted octanol–water partition coefficient (Wildman–Crippen LogP) is 3.76. The van der Waals surface area contributed by atoms with Crippen LogP contribution in [0, 0.1) is 6.92 Å². The van der Waals surface area contributed by atoms with Crippen LogP contribution in [0.2, 0.25) is 0 Å². The molecule has 0 spiro atoms.